The maximum absolute atomic E-state index is 13.4. The van der Waals surface area contributed by atoms with Gasteiger partial charge in [0.15, 0.2) is 5.78 Å². The first kappa shape index (κ1) is 20.8. The zero-order valence-corrected chi connectivity index (χ0v) is 19.1. The summed E-state index contributed by atoms with van der Waals surface area (Å²) in [5.41, 5.74) is 5.64. The highest BCUT2D eigenvalue weighted by Crippen LogP contribution is 2.46. The fraction of sp³-hybridized carbons (Fsp3) is 0.381. The number of anilines is 1. The summed E-state index contributed by atoms with van der Waals surface area (Å²) in [6.45, 7) is 4.00. The van der Waals surface area contributed by atoms with Gasteiger partial charge >= 0.3 is 0 Å². The van der Waals surface area contributed by atoms with Crippen LogP contribution in [0, 0.1) is 11.7 Å². The van der Waals surface area contributed by atoms with Gasteiger partial charge in [-0.1, -0.05) is 11.6 Å². The molecule has 162 valence electrons. The molecule has 10 heteroatoms. The van der Waals surface area contributed by atoms with Crippen molar-refractivity contribution >= 4 is 57.8 Å². The van der Waals surface area contributed by atoms with Crippen LogP contribution < -0.4 is 10.3 Å². The number of amides is 1. The summed E-state index contributed by atoms with van der Waals surface area (Å²) in [5, 5.41) is 4.52. The number of Topliss-reactive ketones (excluding diaryl/α,β-unsaturated/α-hetero) is 1. The summed E-state index contributed by atoms with van der Waals surface area (Å²) in [6.07, 6.45) is 0. The van der Waals surface area contributed by atoms with Gasteiger partial charge in [0, 0.05) is 49.1 Å². The second-order valence-electron chi connectivity index (χ2n) is 7.81. The van der Waals surface area contributed by atoms with Gasteiger partial charge in [0.1, 0.15) is 11.5 Å². The number of halogens is 2. The van der Waals surface area contributed by atoms with Crippen molar-refractivity contribution in [1.29, 1.82) is 0 Å². The Labute approximate surface area is 192 Å². The molecule has 31 heavy (non-hydrogen) atoms. The molecule has 1 fully saturated rings. The van der Waals surface area contributed by atoms with E-state index >= 15 is 0 Å². The topological polar surface area (TPSA) is 65.0 Å². The van der Waals surface area contributed by atoms with Crippen molar-refractivity contribution < 1.29 is 14.0 Å². The van der Waals surface area contributed by atoms with Crippen LogP contribution in [-0.2, 0) is 4.79 Å². The second-order valence-corrected chi connectivity index (χ2v) is 10.6. The number of hydrazone groups is 1. The largest absolute Gasteiger partial charge is 0.368 e. The van der Waals surface area contributed by atoms with Gasteiger partial charge < -0.3 is 15.2 Å². The van der Waals surface area contributed by atoms with Gasteiger partial charge in [0.05, 0.1) is 20.2 Å². The molecule has 0 spiro atoms. The summed E-state index contributed by atoms with van der Waals surface area (Å²) in [4.78, 5) is 29.7. The SMILES string of the molecule is CC(=O)c1cc2c(s1)SCC1C(C(=O)N3CCN(c4ccc(F)c(Cl)c4)CC3)=NNC21. The first-order chi connectivity index (χ1) is 14.9. The predicted octanol–water partition coefficient (Wildman–Crippen LogP) is 3.81. The molecule has 4 heterocycles. The van der Waals surface area contributed by atoms with Crippen molar-refractivity contribution in [3.63, 3.8) is 0 Å². The lowest BCUT2D eigenvalue weighted by Gasteiger charge is -2.36. The van der Waals surface area contributed by atoms with Crippen LogP contribution >= 0.6 is 34.7 Å². The number of thiophene rings is 1. The summed E-state index contributed by atoms with van der Waals surface area (Å²) < 4.78 is 14.6. The molecule has 2 unspecified atom stereocenters. The third-order valence-corrected chi connectivity index (χ3v) is 8.90. The molecule has 1 aromatic carbocycles. The van der Waals surface area contributed by atoms with Gasteiger partial charge in [-0.2, -0.15) is 5.10 Å². The average molecular weight is 479 g/mol. The Kier molecular flexibility index (Phi) is 5.44. The molecule has 1 aromatic heterocycles. The van der Waals surface area contributed by atoms with Gasteiger partial charge in [0.25, 0.3) is 5.91 Å². The van der Waals surface area contributed by atoms with Gasteiger partial charge in [-0.3, -0.25) is 9.59 Å². The van der Waals surface area contributed by atoms with Crippen molar-refractivity contribution in [3.8, 4) is 0 Å². The first-order valence-electron chi connectivity index (χ1n) is 10.0. The molecular weight excluding hydrogens is 459 g/mol. The van der Waals surface area contributed by atoms with E-state index in [2.05, 4.69) is 15.4 Å². The van der Waals surface area contributed by atoms with E-state index in [1.165, 1.54) is 17.4 Å². The van der Waals surface area contributed by atoms with Gasteiger partial charge in [-0.25, -0.2) is 4.39 Å². The van der Waals surface area contributed by atoms with Crippen molar-refractivity contribution in [2.24, 2.45) is 11.0 Å². The lowest BCUT2D eigenvalue weighted by molar-refractivity contribution is -0.124. The maximum Gasteiger partial charge on any atom is 0.270 e. The maximum atomic E-state index is 13.4. The Morgan fingerprint density at radius 2 is 2.00 bits per heavy atom. The third kappa shape index (κ3) is 3.72. The Morgan fingerprint density at radius 3 is 2.71 bits per heavy atom. The summed E-state index contributed by atoms with van der Waals surface area (Å²) in [6, 6.07) is 6.58. The number of ketones is 1. The molecule has 0 radical (unpaired) electrons. The molecule has 2 atom stereocenters. The molecule has 1 N–H and O–H groups in total. The highest BCUT2D eigenvalue weighted by molar-refractivity contribution is 8.01. The standard InChI is InChI=1S/C21H20ClFN4O2S2/c1-11(28)17-9-13-18-14(10-30-21(13)31-17)19(25-24-18)20(29)27-6-4-26(5-7-27)12-2-3-16(23)15(22)8-12/h2-3,8-9,14,18,24H,4-7,10H2,1H3. The Bertz CT molecular complexity index is 1100. The number of fused-ring (bicyclic) bond motifs is 3. The number of benzene rings is 1. The van der Waals surface area contributed by atoms with E-state index in [0.29, 0.717) is 31.9 Å². The van der Waals surface area contributed by atoms with Crippen LogP contribution in [0.25, 0.3) is 0 Å². The molecule has 3 aliphatic heterocycles. The number of carbonyl (C=O) groups is 2. The fourth-order valence-corrected chi connectivity index (χ4v) is 6.96. The lowest BCUT2D eigenvalue weighted by Crippen LogP contribution is -2.51. The molecule has 3 aliphatic rings. The number of nitrogens with one attached hydrogen (secondary N) is 1. The number of carbonyl (C=O) groups excluding carboxylic acids is 2. The average Bonchev–Trinajstić information content (AvgIpc) is 3.39. The highest BCUT2D eigenvalue weighted by Gasteiger charge is 2.43. The van der Waals surface area contributed by atoms with Crippen molar-refractivity contribution in [3.05, 3.63) is 45.5 Å². The van der Waals surface area contributed by atoms with Crippen LogP contribution in [0.1, 0.15) is 28.2 Å². The highest BCUT2D eigenvalue weighted by atomic mass is 35.5. The molecule has 0 bridgehead atoms. The fourth-order valence-electron chi connectivity index (χ4n) is 4.21. The smallest absolute Gasteiger partial charge is 0.270 e. The zero-order valence-electron chi connectivity index (χ0n) is 16.7. The van der Waals surface area contributed by atoms with Gasteiger partial charge in [-0.15, -0.1) is 23.1 Å². The van der Waals surface area contributed by atoms with Crippen molar-refractivity contribution in [1.82, 2.24) is 10.3 Å². The Morgan fingerprint density at radius 1 is 1.23 bits per heavy atom. The Balaban J connectivity index is 1.25. The quantitative estimate of drug-likeness (QED) is 0.679. The van der Waals surface area contributed by atoms with Crippen LogP contribution in [0.4, 0.5) is 10.1 Å². The molecule has 1 amide bonds. The number of nitrogens with zero attached hydrogens (tertiary/aromatic N) is 3. The monoisotopic (exact) mass is 478 g/mol. The molecule has 2 aromatic rings. The van der Waals surface area contributed by atoms with E-state index in [-0.39, 0.29) is 28.7 Å². The van der Waals surface area contributed by atoms with E-state index in [1.807, 2.05) is 11.0 Å². The van der Waals surface area contributed by atoms with Crippen LogP contribution in [0.3, 0.4) is 0 Å². The molecule has 5 rings (SSSR count). The number of hydrogen-bond acceptors (Lipinski definition) is 7. The minimum Gasteiger partial charge on any atom is -0.368 e. The number of piperazine rings is 1. The third-order valence-electron chi connectivity index (χ3n) is 5.93. The van der Waals surface area contributed by atoms with Crippen molar-refractivity contribution in [2.75, 3.05) is 36.8 Å². The Hall–Kier alpha value is -2.10. The normalized spacial score (nSPS) is 22.5. The summed E-state index contributed by atoms with van der Waals surface area (Å²) >= 11 is 9.12. The number of rotatable bonds is 3. The number of thioether (sulfide) groups is 1. The minimum atomic E-state index is -0.435. The predicted molar refractivity (Wildman–Crippen MR) is 122 cm³/mol. The molecule has 1 saturated heterocycles. The van der Waals surface area contributed by atoms with Crippen LogP contribution in [0.2, 0.25) is 5.02 Å². The van der Waals surface area contributed by atoms with E-state index in [9.17, 15) is 14.0 Å². The lowest BCUT2D eigenvalue weighted by atomic mass is 9.92. The number of hydrogen-bond donors (Lipinski definition) is 1. The van der Waals surface area contributed by atoms with Crippen LogP contribution in [0.5, 0.6) is 0 Å². The summed E-state index contributed by atoms with van der Waals surface area (Å²) in [5.74, 6) is 0.347. The van der Waals surface area contributed by atoms with E-state index in [4.69, 9.17) is 11.6 Å². The zero-order chi connectivity index (χ0) is 21.7. The molecular formula is C21H20ClFN4O2S2. The van der Waals surface area contributed by atoms with E-state index in [1.54, 1.807) is 30.8 Å². The molecule has 0 aliphatic carbocycles. The van der Waals surface area contributed by atoms with Crippen LogP contribution in [0.15, 0.2) is 33.6 Å². The van der Waals surface area contributed by atoms with E-state index in [0.717, 1.165) is 26.1 Å². The van der Waals surface area contributed by atoms with Crippen molar-refractivity contribution in [2.45, 2.75) is 17.2 Å². The van der Waals surface area contributed by atoms with Gasteiger partial charge in [0.2, 0.25) is 0 Å². The van der Waals surface area contributed by atoms with E-state index < -0.39 is 5.82 Å². The summed E-state index contributed by atoms with van der Waals surface area (Å²) in [7, 11) is 0. The second kappa shape index (κ2) is 8.11. The molecule has 6 nitrogen and oxygen atoms in total. The molecule has 0 saturated carbocycles. The van der Waals surface area contributed by atoms with Gasteiger partial charge in [-0.05, 0) is 31.2 Å². The first-order valence-corrected chi connectivity index (χ1v) is 12.2. The minimum absolute atomic E-state index is 0.00616. The van der Waals surface area contributed by atoms with Crippen LogP contribution in [-0.4, -0.2) is 54.2 Å².